The van der Waals surface area contributed by atoms with Crippen molar-refractivity contribution < 1.29 is 15.1 Å². The van der Waals surface area contributed by atoms with Gasteiger partial charge in [-0.25, -0.2) is 0 Å². The van der Waals surface area contributed by atoms with E-state index in [4.69, 9.17) is 4.74 Å². The van der Waals surface area contributed by atoms with Gasteiger partial charge in [-0.3, -0.25) is 0 Å². The first-order valence-electron chi connectivity index (χ1n) is 6.88. The lowest BCUT2D eigenvalue weighted by molar-refractivity contribution is -0.162. The minimum absolute atomic E-state index is 0.0978. The van der Waals surface area contributed by atoms with Crippen LogP contribution in [0.2, 0.25) is 0 Å². The molecule has 0 bridgehead atoms. The first kappa shape index (κ1) is 14.5. The molecule has 2 rings (SSSR count). The Bertz CT molecular complexity index is 382. The Morgan fingerprint density at radius 2 is 2.00 bits per heavy atom. The summed E-state index contributed by atoms with van der Waals surface area (Å²) in [6.07, 6.45) is 0.0495. The highest BCUT2D eigenvalue weighted by Crippen LogP contribution is 2.26. The molecule has 1 unspecified atom stereocenters. The predicted molar refractivity (Wildman–Crippen MR) is 72.8 cm³/mol. The summed E-state index contributed by atoms with van der Waals surface area (Å²) in [5.74, 6) is 0.0978. The highest BCUT2D eigenvalue weighted by molar-refractivity contribution is 5.13. The third-order valence-electron chi connectivity index (χ3n) is 3.71. The lowest BCUT2D eigenvalue weighted by Crippen LogP contribution is -2.46. The van der Waals surface area contributed by atoms with Crippen molar-refractivity contribution in [3.05, 3.63) is 35.9 Å². The molecule has 0 saturated carbocycles. The molecule has 0 aliphatic carbocycles. The van der Waals surface area contributed by atoms with Crippen molar-refractivity contribution >= 4 is 0 Å². The van der Waals surface area contributed by atoms with Crippen molar-refractivity contribution in [2.75, 3.05) is 6.54 Å². The van der Waals surface area contributed by atoms with E-state index in [9.17, 15) is 10.3 Å². The molecule has 4 nitrogen and oxygen atoms in total. The number of hydrogen-bond acceptors (Lipinski definition) is 4. The second kappa shape index (κ2) is 6.48. The van der Waals surface area contributed by atoms with Gasteiger partial charge in [-0.05, 0) is 17.9 Å². The zero-order chi connectivity index (χ0) is 13.8. The van der Waals surface area contributed by atoms with Gasteiger partial charge in [0.1, 0.15) is 0 Å². The zero-order valence-electron chi connectivity index (χ0n) is 11.6. The second-order valence-corrected chi connectivity index (χ2v) is 5.51. The average Bonchev–Trinajstić information content (AvgIpc) is 2.77. The number of benzene rings is 1. The molecule has 3 atom stereocenters. The van der Waals surface area contributed by atoms with Gasteiger partial charge in [0.2, 0.25) is 0 Å². The fourth-order valence-electron chi connectivity index (χ4n) is 2.52. The van der Waals surface area contributed by atoms with E-state index in [0.29, 0.717) is 13.2 Å². The van der Waals surface area contributed by atoms with E-state index < -0.39 is 6.10 Å². The minimum Gasteiger partial charge on any atom is -0.391 e. The molecule has 1 saturated heterocycles. The van der Waals surface area contributed by atoms with Crippen molar-refractivity contribution in [3.8, 4) is 0 Å². The molecule has 0 aromatic heterocycles. The third-order valence-corrected chi connectivity index (χ3v) is 3.71. The summed E-state index contributed by atoms with van der Waals surface area (Å²) < 4.78 is 5.88. The minimum atomic E-state index is -0.576. The molecule has 0 radical (unpaired) electrons. The van der Waals surface area contributed by atoms with Gasteiger partial charge in [0.25, 0.3) is 0 Å². The largest absolute Gasteiger partial charge is 0.391 e. The van der Waals surface area contributed by atoms with Crippen LogP contribution in [0.15, 0.2) is 30.3 Å². The van der Waals surface area contributed by atoms with Gasteiger partial charge >= 0.3 is 0 Å². The lowest BCUT2D eigenvalue weighted by atomic mass is 9.96. The van der Waals surface area contributed by atoms with Gasteiger partial charge in [0.05, 0.1) is 24.9 Å². The molecule has 1 fully saturated rings. The molecule has 19 heavy (non-hydrogen) atoms. The number of aliphatic hydroxyl groups excluding tert-OH is 1. The highest BCUT2D eigenvalue weighted by Gasteiger charge is 2.40. The van der Waals surface area contributed by atoms with Crippen LogP contribution >= 0.6 is 0 Å². The first-order valence-corrected chi connectivity index (χ1v) is 6.88. The van der Waals surface area contributed by atoms with E-state index in [1.165, 1.54) is 5.06 Å². The molecular weight excluding hydrogens is 242 g/mol. The van der Waals surface area contributed by atoms with E-state index in [0.717, 1.165) is 12.0 Å². The fraction of sp³-hybridized carbons (Fsp3) is 0.600. The molecule has 1 aromatic rings. The van der Waals surface area contributed by atoms with Crippen molar-refractivity contribution in [2.24, 2.45) is 5.92 Å². The van der Waals surface area contributed by atoms with E-state index in [-0.39, 0.29) is 18.1 Å². The van der Waals surface area contributed by atoms with Crippen LogP contribution in [0.5, 0.6) is 0 Å². The number of hydroxylamine groups is 2. The van der Waals surface area contributed by atoms with Crippen LogP contribution in [0, 0.1) is 5.92 Å². The molecule has 106 valence electrons. The van der Waals surface area contributed by atoms with Crippen LogP contribution < -0.4 is 0 Å². The number of aliphatic hydroxyl groups is 1. The molecule has 2 N–H and O–H groups in total. The smallest absolute Gasteiger partial charge is 0.0874 e. The number of hydrogen-bond donors (Lipinski definition) is 2. The van der Waals surface area contributed by atoms with Gasteiger partial charge in [-0.2, -0.15) is 5.06 Å². The Morgan fingerprint density at radius 3 is 2.63 bits per heavy atom. The maximum Gasteiger partial charge on any atom is 0.0874 e. The standard InChI is InChI=1S/C15H23NO3/c1-11(2)15(17)14-13(8-9-16(14)18)19-10-12-6-4-3-5-7-12/h3-7,11,13-15,17-18H,8-10H2,1-2H3/t13-,14-,15?/m0/s1. The maximum atomic E-state index is 10.2. The van der Waals surface area contributed by atoms with Crippen LogP contribution in [0.1, 0.15) is 25.8 Å². The van der Waals surface area contributed by atoms with Crippen molar-refractivity contribution in [3.63, 3.8) is 0 Å². The quantitative estimate of drug-likeness (QED) is 0.855. The molecule has 1 aromatic carbocycles. The van der Waals surface area contributed by atoms with Crippen LogP contribution in [-0.4, -0.2) is 40.2 Å². The molecule has 1 heterocycles. The first-order chi connectivity index (χ1) is 9.09. The Hall–Kier alpha value is -0.940. The molecule has 4 heteroatoms. The van der Waals surface area contributed by atoms with E-state index in [1.54, 1.807) is 0 Å². The Morgan fingerprint density at radius 1 is 1.32 bits per heavy atom. The predicted octanol–water partition coefficient (Wildman–Crippen LogP) is 2.05. The third kappa shape index (κ3) is 3.54. The van der Waals surface area contributed by atoms with Gasteiger partial charge in [-0.15, -0.1) is 0 Å². The van der Waals surface area contributed by atoms with E-state index in [2.05, 4.69) is 0 Å². The fourth-order valence-corrected chi connectivity index (χ4v) is 2.52. The summed E-state index contributed by atoms with van der Waals surface area (Å²) in [5.41, 5.74) is 1.11. The van der Waals surface area contributed by atoms with Crippen molar-refractivity contribution in [1.82, 2.24) is 5.06 Å². The summed E-state index contributed by atoms with van der Waals surface area (Å²) >= 11 is 0. The van der Waals surface area contributed by atoms with Gasteiger partial charge in [0.15, 0.2) is 0 Å². The summed E-state index contributed by atoms with van der Waals surface area (Å²) in [7, 11) is 0. The Balaban J connectivity index is 1.95. The zero-order valence-corrected chi connectivity index (χ0v) is 11.6. The van der Waals surface area contributed by atoms with Gasteiger partial charge < -0.3 is 15.1 Å². The van der Waals surface area contributed by atoms with Crippen molar-refractivity contribution in [2.45, 2.75) is 45.1 Å². The molecular formula is C15H23NO3. The molecule has 1 aliphatic heterocycles. The van der Waals surface area contributed by atoms with Crippen LogP contribution in [0.3, 0.4) is 0 Å². The Labute approximate surface area is 114 Å². The molecule has 0 spiro atoms. The summed E-state index contributed by atoms with van der Waals surface area (Å²) in [5, 5.41) is 21.3. The Kier molecular flexibility index (Phi) is 4.93. The van der Waals surface area contributed by atoms with Gasteiger partial charge in [-0.1, -0.05) is 44.2 Å². The van der Waals surface area contributed by atoms with Crippen molar-refractivity contribution in [1.29, 1.82) is 0 Å². The molecule has 0 amide bonds. The van der Waals surface area contributed by atoms with E-state index >= 15 is 0 Å². The lowest BCUT2D eigenvalue weighted by Gasteiger charge is -2.30. The summed E-state index contributed by atoms with van der Waals surface area (Å²) in [4.78, 5) is 0. The number of rotatable bonds is 5. The number of nitrogens with zero attached hydrogens (tertiary/aromatic N) is 1. The van der Waals surface area contributed by atoms with Crippen LogP contribution in [-0.2, 0) is 11.3 Å². The van der Waals surface area contributed by atoms with Crippen LogP contribution in [0.25, 0.3) is 0 Å². The molecule has 1 aliphatic rings. The average molecular weight is 265 g/mol. The number of ether oxygens (including phenoxy) is 1. The second-order valence-electron chi connectivity index (χ2n) is 5.51. The van der Waals surface area contributed by atoms with Crippen LogP contribution in [0.4, 0.5) is 0 Å². The summed E-state index contributed by atoms with van der Waals surface area (Å²) in [6.45, 7) is 4.96. The normalized spacial score (nSPS) is 25.9. The van der Waals surface area contributed by atoms with Gasteiger partial charge in [0, 0.05) is 6.54 Å². The monoisotopic (exact) mass is 265 g/mol. The maximum absolute atomic E-state index is 10.2. The highest BCUT2D eigenvalue weighted by atomic mass is 16.5. The van der Waals surface area contributed by atoms with E-state index in [1.807, 2.05) is 44.2 Å². The SMILES string of the molecule is CC(C)C(O)[C@@H]1[C@@H](OCc2ccccc2)CCN1O. The summed E-state index contributed by atoms with van der Waals surface area (Å²) in [6, 6.07) is 9.63. The topological polar surface area (TPSA) is 52.9 Å².